The molecule has 0 spiro atoms. The predicted molar refractivity (Wildman–Crippen MR) is 102 cm³/mol. The fraction of sp³-hybridized carbons (Fsp3) is 0.158. The van der Waals surface area contributed by atoms with Crippen molar-refractivity contribution in [2.24, 2.45) is 0 Å². The van der Waals surface area contributed by atoms with Crippen LogP contribution in [-0.4, -0.2) is 23.6 Å². The molecule has 5 nitrogen and oxygen atoms in total. The lowest BCUT2D eigenvalue weighted by Crippen LogP contribution is -2.08. The lowest BCUT2D eigenvalue weighted by molar-refractivity contribution is 0.415. The van der Waals surface area contributed by atoms with E-state index in [1.807, 2.05) is 54.6 Å². The van der Waals surface area contributed by atoms with Gasteiger partial charge in [0.1, 0.15) is 11.6 Å². The molecule has 1 aromatic heterocycles. The minimum Gasteiger partial charge on any atom is -0.497 e. The number of benzene rings is 2. The molecular weight excluding hydrogens is 336 g/mol. The average Bonchev–Trinajstić information content (AvgIpc) is 2.64. The fourth-order valence-corrected chi connectivity index (χ4v) is 2.46. The molecule has 6 heteroatoms. The first kappa shape index (κ1) is 17.0. The molecule has 25 heavy (non-hydrogen) atoms. The van der Waals surface area contributed by atoms with Crippen LogP contribution in [0.15, 0.2) is 60.8 Å². The summed E-state index contributed by atoms with van der Waals surface area (Å²) in [6, 6.07) is 17.3. The molecule has 0 bridgehead atoms. The molecule has 0 saturated heterocycles. The van der Waals surface area contributed by atoms with Crippen LogP contribution in [0.4, 0.5) is 17.5 Å². The van der Waals surface area contributed by atoms with Crippen LogP contribution in [0.3, 0.4) is 0 Å². The fourth-order valence-electron chi connectivity index (χ4n) is 2.33. The Hall–Kier alpha value is -2.79. The number of halogens is 1. The van der Waals surface area contributed by atoms with Gasteiger partial charge in [0.05, 0.1) is 7.11 Å². The minimum atomic E-state index is 0.585. The van der Waals surface area contributed by atoms with Crippen molar-refractivity contribution in [3.8, 4) is 5.75 Å². The average molecular weight is 355 g/mol. The van der Waals surface area contributed by atoms with Crippen molar-refractivity contribution < 1.29 is 4.74 Å². The summed E-state index contributed by atoms with van der Waals surface area (Å²) in [5, 5.41) is 7.23. The Labute approximate surface area is 152 Å². The van der Waals surface area contributed by atoms with Crippen LogP contribution in [0, 0.1) is 0 Å². The van der Waals surface area contributed by atoms with Crippen LogP contribution >= 0.6 is 11.6 Å². The summed E-state index contributed by atoms with van der Waals surface area (Å²) in [4.78, 5) is 8.73. The number of hydrogen-bond acceptors (Lipinski definition) is 5. The molecule has 128 valence electrons. The van der Waals surface area contributed by atoms with Gasteiger partial charge in [0.15, 0.2) is 0 Å². The standard InChI is InChI=1S/C19H19ClN4O/c1-25-17-4-2-3-16(13-17)23-18-10-12-22-19(24-18)21-11-9-14-5-7-15(20)8-6-14/h2-8,10,12-13H,9,11H2,1H3,(H2,21,22,23,24). The van der Waals surface area contributed by atoms with Crippen molar-refractivity contribution in [2.75, 3.05) is 24.3 Å². The lowest BCUT2D eigenvalue weighted by atomic mass is 10.1. The zero-order chi connectivity index (χ0) is 17.5. The van der Waals surface area contributed by atoms with Gasteiger partial charge in [-0.05, 0) is 42.3 Å². The first-order valence-electron chi connectivity index (χ1n) is 7.95. The van der Waals surface area contributed by atoms with Gasteiger partial charge < -0.3 is 15.4 Å². The zero-order valence-electron chi connectivity index (χ0n) is 13.9. The highest BCUT2D eigenvalue weighted by atomic mass is 35.5. The Kier molecular flexibility index (Phi) is 5.69. The van der Waals surface area contributed by atoms with Crippen molar-refractivity contribution in [2.45, 2.75) is 6.42 Å². The zero-order valence-corrected chi connectivity index (χ0v) is 14.6. The van der Waals surface area contributed by atoms with E-state index in [9.17, 15) is 0 Å². The topological polar surface area (TPSA) is 59.1 Å². The van der Waals surface area contributed by atoms with Gasteiger partial charge in [-0.1, -0.05) is 29.8 Å². The third kappa shape index (κ3) is 5.09. The summed E-state index contributed by atoms with van der Waals surface area (Å²) in [6.07, 6.45) is 2.59. The van der Waals surface area contributed by atoms with Gasteiger partial charge in [-0.2, -0.15) is 4.98 Å². The van der Waals surface area contributed by atoms with Crippen molar-refractivity contribution in [1.82, 2.24) is 9.97 Å². The molecule has 0 aliphatic rings. The molecule has 0 aliphatic heterocycles. The van der Waals surface area contributed by atoms with Crippen LogP contribution in [0.25, 0.3) is 0 Å². The predicted octanol–water partition coefficient (Wildman–Crippen LogP) is 4.54. The number of rotatable bonds is 7. The Morgan fingerprint density at radius 3 is 2.72 bits per heavy atom. The number of ether oxygens (including phenoxy) is 1. The second kappa shape index (κ2) is 8.35. The highest BCUT2D eigenvalue weighted by Gasteiger charge is 2.01. The van der Waals surface area contributed by atoms with Gasteiger partial charge in [-0.25, -0.2) is 4.98 Å². The van der Waals surface area contributed by atoms with E-state index in [2.05, 4.69) is 20.6 Å². The third-order valence-electron chi connectivity index (χ3n) is 3.61. The molecule has 2 N–H and O–H groups in total. The number of nitrogens with zero attached hydrogens (tertiary/aromatic N) is 2. The van der Waals surface area contributed by atoms with Crippen molar-refractivity contribution >= 4 is 29.1 Å². The van der Waals surface area contributed by atoms with Gasteiger partial charge in [0, 0.05) is 29.5 Å². The van der Waals surface area contributed by atoms with Crippen LogP contribution < -0.4 is 15.4 Å². The minimum absolute atomic E-state index is 0.585. The Balaban J connectivity index is 1.58. The smallest absolute Gasteiger partial charge is 0.224 e. The van der Waals surface area contributed by atoms with E-state index < -0.39 is 0 Å². The maximum atomic E-state index is 5.89. The van der Waals surface area contributed by atoms with Gasteiger partial charge in [-0.15, -0.1) is 0 Å². The lowest BCUT2D eigenvalue weighted by Gasteiger charge is -2.09. The maximum Gasteiger partial charge on any atom is 0.224 e. The highest BCUT2D eigenvalue weighted by molar-refractivity contribution is 6.30. The van der Waals surface area contributed by atoms with Crippen molar-refractivity contribution in [3.63, 3.8) is 0 Å². The normalized spacial score (nSPS) is 10.3. The van der Waals surface area contributed by atoms with Crippen LogP contribution in [-0.2, 0) is 6.42 Å². The Morgan fingerprint density at radius 1 is 1.08 bits per heavy atom. The third-order valence-corrected chi connectivity index (χ3v) is 3.86. The van der Waals surface area contributed by atoms with Crippen LogP contribution in [0.5, 0.6) is 5.75 Å². The Bertz CT molecular complexity index is 824. The molecule has 0 saturated carbocycles. The van der Waals surface area contributed by atoms with E-state index in [0.717, 1.165) is 35.2 Å². The molecule has 0 aliphatic carbocycles. The number of aromatic nitrogens is 2. The summed E-state index contributed by atoms with van der Waals surface area (Å²) in [5.74, 6) is 2.10. The van der Waals surface area contributed by atoms with E-state index in [-0.39, 0.29) is 0 Å². The molecule has 0 unspecified atom stereocenters. The number of nitrogens with one attached hydrogen (secondary N) is 2. The van der Waals surface area contributed by atoms with Gasteiger partial charge in [0.2, 0.25) is 5.95 Å². The molecule has 0 fully saturated rings. The number of anilines is 3. The summed E-state index contributed by atoms with van der Waals surface area (Å²) in [5.41, 5.74) is 2.12. The number of methoxy groups -OCH3 is 1. The molecule has 2 aromatic carbocycles. The monoisotopic (exact) mass is 354 g/mol. The Morgan fingerprint density at radius 2 is 1.92 bits per heavy atom. The second-order valence-corrected chi connectivity index (χ2v) is 5.86. The summed E-state index contributed by atoms with van der Waals surface area (Å²) < 4.78 is 5.23. The second-order valence-electron chi connectivity index (χ2n) is 5.43. The summed E-state index contributed by atoms with van der Waals surface area (Å²) >= 11 is 5.89. The van der Waals surface area contributed by atoms with E-state index >= 15 is 0 Å². The molecule has 0 amide bonds. The molecule has 0 radical (unpaired) electrons. The van der Waals surface area contributed by atoms with Gasteiger partial charge >= 0.3 is 0 Å². The molecule has 1 heterocycles. The summed E-state index contributed by atoms with van der Waals surface area (Å²) in [6.45, 7) is 0.740. The van der Waals surface area contributed by atoms with Crippen LogP contribution in [0.2, 0.25) is 5.02 Å². The maximum absolute atomic E-state index is 5.89. The van der Waals surface area contributed by atoms with Gasteiger partial charge in [-0.3, -0.25) is 0 Å². The molecule has 3 aromatic rings. The van der Waals surface area contributed by atoms with Crippen molar-refractivity contribution in [1.29, 1.82) is 0 Å². The molecule has 0 atom stereocenters. The SMILES string of the molecule is COc1cccc(Nc2ccnc(NCCc3ccc(Cl)cc3)n2)c1. The quantitative estimate of drug-likeness (QED) is 0.652. The largest absolute Gasteiger partial charge is 0.497 e. The van der Waals surface area contributed by atoms with E-state index in [0.29, 0.717) is 5.95 Å². The first-order chi connectivity index (χ1) is 12.2. The van der Waals surface area contributed by atoms with E-state index in [1.54, 1.807) is 13.3 Å². The molecular formula is C19H19ClN4O. The van der Waals surface area contributed by atoms with Crippen molar-refractivity contribution in [3.05, 3.63) is 71.4 Å². The van der Waals surface area contributed by atoms with Crippen LogP contribution in [0.1, 0.15) is 5.56 Å². The first-order valence-corrected chi connectivity index (χ1v) is 8.33. The van der Waals surface area contributed by atoms with E-state index in [1.165, 1.54) is 5.56 Å². The highest BCUT2D eigenvalue weighted by Crippen LogP contribution is 2.20. The molecule has 3 rings (SSSR count). The van der Waals surface area contributed by atoms with E-state index in [4.69, 9.17) is 16.3 Å². The van der Waals surface area contributed by atoms with Gasteiger partial charge in [0.25, 0.3) is 0 Å². The number of hydrogen-bond donors (Lipinski definition) is 2. The summed E-state index contributed by atoms with van der Waals surface area (Å²) in [7, 11) is 1.65.